The lowest BCUT2D eigenvalue weighted by Gasteiger charge is -2.20. The molecule has 0 spiro atoms. The van der Waals surface area contributed by atoms with E-state index in [1.807, 2.05) is 34.6 Å². The van der Waals surface area contributed by atoms with Crippen molar-refractivity contribution in [1.82, 2.24) is 4.57 Å². The minimum atomic E-state index is -0.286. The van der Waals surface area contributed by atoms with Gasteiger partial charge in [0.1, 0.15) is 0 Å². The lowest BCUT2D eigenvalue weighted by molar-refractivity contribution is 0.367. The molecule has 0 fully saturated rings. The Morgan fingerprint density at radius 2 is 1.55 bits per heavy atom. The van der Waals surface area contributed by atoms with Gasteiger partial charge in [-0.05, 0) is 56.9 Å². The van der Waals surface area contributed by atoms with Gasteiger partial charge in [-0.2, -0.15) is 0 Å². The number of pyridine rings is 1. The molecule has 0 saturated carbocycles. The Morgan fingerprint density at radius 3 is 2.00 bits per heavy atom. The van der Waals surface area contributed by atoms with Gasteiger partial charge in [0.15, 0.2) is 5.75 Å². The van der Waals surface area contributed by atoms with Crippen molar-refractivity contribution in [3.05, 3.63) is 32.6 Å². The molecule has 1 aromatic heterocycles. The molecular formula is C16H21I2NO3. The quantitative estimate of drug-likeness (QED) is 0.573. The first-order chi connectivity index (χ1) is 10.4. The summed E-state index contributed by atoms with van der Waals surface area (Å²) in [6.45, 7) is 10.5. The molecular weight excluding hydrogens is 508 g/mol. The number of rotatable bonds is 2. The Hall–Kier alpha value is -0.510. The normalized spacial score (nSPS) is 10.4. The van der Waals surface area contributed by atoms with Crippen LogP contribution in [0.1, 0.15) is 29.2 Å². The zero-order valence-corrected chi connectivity index (χ0v) is 18.0. The summed E-state index contributed by atoms with van der Waals surface area (Å²) in [5.41, 5.74) is 4.82. The van der Waals surface area contributed by atoms with Crippen LogP contribution in [-0.4, -0.2) is 16.8 Å². The van der Waals surface area contributed by atoms with Gasteiger partial charge in [0.25, 0.3) is 5.56 Å². The van der Waals surface area contributed by atoms with Gasteiger partial charge in [-0.25, -0.2) is 0 Å². The highest BCUT2D eigenvalue weighted by Crippen LogP contribution is 2.38. The van der Waals surface area contributed by atoms with Crippen molar-refractivity contribution in [2.45, 2.75) is 41.2 Å². The summed E-state index contributed by atoms with van der Waals surface area (Å²) < 4.78 is 6.78. The first-order valence-corrected chi connectivity index (χ1v) is 13.2. The predicted octanol–water partition coefficient (Wildman–Crippen LogP) is 4.74. The summed E-state index contributed by atoms with van der Waals surface area (Å²) in [7, 11) is 1.41. The number of benzene rings is 1. The van der Waals surface area contributed by atoms with Crippen LogP contribution in [0.5, 0.6) is 11.5 Å². The van der Waals surface area contributed by atoms with Crippen LogP contribution >= 0.6 is 37.2 Å². The third-order valence-corrected chi connectivity index (χ3v) is 4.34. The Labute approximate surface area is 154 Å². The highest BCUT2D eigenvalue weighted by Gasteiger charge is 2.21. The fourth-order valence-corrected chi connectivity index (χ4v) is 2.84. The number of ether oxygens (including phenoxy) is 1. The zero-order valence-electron chi connectivity index (χ0n) is 13.7. The monoisotopic (exact) mass is 529 g/mol. The summed E-state index contributed by atoms with van der Waals surface area (Å²) in [5, 5.41) is 11.1. The topological polar surface area (TPSA) is 51.5 Å². The summed E-state index contributed by atoms with van der Waals surface area (Å²) in [5.74, 6) is -0.0361. The molecule has 0 radical (unpaired) electrons. The maximum Gasteiger partial charge on any atom is 0.297 e. The van der Waals surface area contributed by atoms with Crippen LogP contribution in [0.25, 0.3) is 10.9 Å². The number of halogens is 2. The second-order valence-corrected chi connectivity index (χ2v) is 5.15. The van der Waals surface area contributed by atoms with Crippen molar-refractivity contribution >= 4 is 48.1 Å². The molecule has 1 N–H and O–H groups in total. The largest absolute Gasteiger partial charge is 0.504 e. The molecule has 22 heavy (non-hydrogen) atoms. The fourth-order valence-electron chi connectivity index (χ4n) is 2.84. The van der Waals surface area contributed by atoms with Crippen LogP contribution in [-0.2, 0) is 6.54 Å². The van der Waals surface area contributed by atoms with Crippen LogP contribution in [0.2, 0.25) is 0 Å². The molecule has 6 heteroatoms. The third-order valence-electron chi connectivity index (χ3n) is 4.34. The van der Waals surface area contributed by atoms with Gasteiger partial charge in [-0.15, -0.1) is 0 Å². The highest BCUT2D eigenvalue weighted by molar-refractivity contribution is 15.0. The number of nitrogens with zero attached hydrogens (tertiary/aromatic N) is 1. The maximum atomic E-state index is 12.4. The summed E-state index contributed by atoms with van der Waals surface area (Å²) in [6, 6.07) is 0. The van der Waals surface area contributed by atoms with Gasteiger partial charge in [-0.1, -0.05) is 0 Å². The molecule has 0 amide bonds. The van der Waals surface area contributed by atoms with Crippen LogP contribution in [0.3, 0.4) is 0 Å². The number of methoxy groups -OCH3 is 1. The molecule has 0 unspecified atom stereocenters. The average molecular weight is 529 g/mol. The second kappa shape index (κ2) is 7.85. The first-order valence-electron chi connectivity index (χ1n) is 6.90. The highest BCUT2D eigenvalue weighted by atomic mass is 128. The lowest BCUT2D eigenvalue weighted by Crippen LogP contribution is -2.22. The van der Waals surface area contributed by atoms with Gasteiger partial charge < -0.3 is 14.4 Å². The van der Waals surface area contributed by atoms with E-state index in [-0.39, 0.29) is 17.1 Å². The zero-order chi connectivity index (χ0) is 17.2. The molecule has 0 aliphatic carbocycles. The SMILES string of the molecule is CCn1c(=O)c(OC)c(O)c2c(C)c(C)c(C)c(C)c21.II. The van der Waals surface area contributed by atoms with Crippen LogP contribution in [0, 0.1) is 27.7 Å². The van der Waals surface area contributed by atoms with E-state index >= 15 is 0 Å². The number of aromatic nitrogens is 1. The van der Waals surface area contributed by atoms with Crippen molar-refractivity contribution in [2.24, 2.45) is 0 Å². The van der Waals surface area contributed by atoms with E-state index in [9.17, 15) is 9.90 Å². The lowest BCUT2D eigenvalue weighted by atomic mass is 9.93. The van der Waals surface area contributed by atoms with Gasteiger partial charge in [0.05, 0.1) is 12.6 Å². The minimum Gasteiger partial charge on any atom is -0.504 e. The Balaban J connectivity index is 0.00000116. The number of fused-ring (bicyclic) bond motifs is 1. The molecule has 0 aliphatic heterocycles. The maximum absolute atomic E-state index is 12.4. The Kier molecular flexibility index (Phi) is 6.97. The number of hydrogen-bond donors (Lipinski definition) is 1. The van der Waals surface area contributed by atoms with E-state index in [1.54, 1.807) is 4.57 Å². The number of hydrogen-bond acceptors (Lipinski definition) is 3. The molecule has 0 atom stereocenters. The Bertz CT molecular complexity index is 767. The number of aryl methyl sites for hydroxylation is 3. The van der Waals surface area contributed by atoms with E-state index in [1.165, 1.54) is 7.11 Å². The summed E-state index contributed by atoms with van der Waals surface area (Å²) in [4.78, 5) is 12.4. The predicted molar refractivity (Wildman–Crippen MR) is 109 cm³/mol. The van der Waals surface area contributed by atoms with Crippen molar-refractivity contribution < 1.29 is 9.84 Å². The standard InChI is InChI=1S/C16H21NO3.I2/c1-7-17-13-11(5)9(3)8(2)10(4)12(13)14(18)15(20-6)16(17)19;1-2/h18H,7H2,1-6H3;. The smallest absolute Gasteiger partial charge is 0.297 e. The molecule has 0 bridgehead atoms. The molecule has 122 valence electrons. The van der Waals surface area contributed by atoms with Gasteiger partial charge in [-0.3, -0.25) is 4.79 Å². The van der Waals surface area contributed by atoms with E-state index in [0.29, 0.717) is 11.9 Å². The van der Waals surface area contributed by atoms with Crippen LogP contribution in [0.15, 0.2) is 4.79 Å². The van der Waals surface area contributed by atoms with E-state index < -0.39 is 0 Å². The van der Waals surface area contributed by atoms with Gasteiger partial charge in [0.2, 0.25) is 5.75 Å². The van der Waals surface area contributed by atoms with Crippen molar-refractivity contribution in [3.63, 3.8) is 0 Å². The van der Waals surface area contributed by atoms with E-state index in [2.05, 4.69) is 37.2 Å². The number of aromatic hydroxyl groups is 1. The van der Waals surface area contributed by atoms with Crippen molar-refractivity contribution in [3.8, 4) is 11.5 Å². The van der Waals surface area contributed by atoms with Gasteiger partial charge >= 0.3 is 0 Å². The average Bonchev–Trinajstić information content (AvgIpc) is 2.52. The Morgan fingerprint density at radius 1 is 1.05 bits per heavy atom. The van der Waals surface area contributed by atoms with Crippen molar-refractivity contribution in [1.29, 1.82) is 0 Å². The van der Waals surface area contributed by atoms with Gasteiger partial charge in [0, 0.05) is 49.2 Å². The molecule has 0 aliphatic rings. The van der Waals surface area contributed by atoms with E-state index in [4.69, 9.17) is 4.74 Å². The van der Waals surface area contributed by atoms with E-state index in [0.717, 1.165) is 27.8 Å². The van der Waals surface area contributed by atoms with Crippen molar-refractivity contribution in [2.75, 3.05) is 7.11 Å². The first kappa shape index (κ1) is 19.5. The molecule has 1 heterocycles. The van der Waals surface area contributed by atoms with Crippen LogP contribution < -0.4 is 10.3 Å². The molecule has 1 aromatic carbocycles. The second-order valence-electron chi connectivity index (χ2n) is 5.15. The molecule has 0 saturated heterocycles. The molecule has 4 nitrogen and oxygen atoms in total. The fraction of sp³-hybridized carbons (Fsp3) is 0.438. The molecule has 2 aromatic rings. The van der Waals surface area contributed by atoms with Crippen LogP contribution in [0.4, 0.5) is 0 Å². The third kappa shape index (κ3) is 2.95. The summed E-state index contributed by atoms with van der Waals surface area (Å²) in [6.07, 6.45) is 0. The molecule has 2 rings (SSSR count). The summed E-state index contributed by atoms with van der Waals surface area (Å²) >= 11 is 4.24. The minimum absolute atomic E-state index is 0.0186.